The van der Waals surface area contributed by atoms with Crippen LogP contribution in [0.25, 0.3) is 6.08 Å². The second kappa shape index (κ2) is 7.69. The number of allylic oxidation sites excluding steroid dienone is 1. The first-order chi connectivity index (χ1) is 9.06. The van der Waals surface area contributed by atoms with Crippen LogP contribution in [0.5, 0.6) is 5.75 Å². The van der Waals surface area contributed by atoms with Crippen molar-refractivity contribution in [2.24, 2.45) is 0 Å². The Bertz CT molecular complexity index is 455. The third-order valence-electron chi connectivity index (χ3n) is 2.70. The summed E-state index contributed by atoms with van der Waals surface area (Å²) in [7, 11) is 1.39. The molecule has 1 aromatic carbocycles. The molecule has 0 aliphatic heterocycles. The molecule has 0 aromatic heterocycles. The smallest absolute Gasteiger partial charge is 0.165 e. The van der Waals surface area contributed by atoms with E-state index in [2.05, 4.69) is 0 Å². The molecular formula is C15H19FO3. The molecule has 0 radical (unpaired) electrons. The second-order valence-electron chi connectivity index (χ2n) is 4.34. The number of ketones is 1. The van der Waals surface area contributed by atoms with E-state index < -0.39 is 11.9 Å². The summed E-state index contributed by atoms with van der Waals surface area (Å²) in [6.45, 7) is 1.95. The predicted molar refractivity (Wildman–Crippen MR) is 72.5 cm³/mol. The molecule has 0 aliphatic rings. The van der Waals surface area contributed by atoms with Crippen LogP contribution in [0, 0.1) is 5.82 Å². The van der Waals surface area contributed by atoms with E-state index in [-0.39, 0.29) is 18.0 Å². The van der Waals surface area contributed by atoms with Gasteiger partial charge in [0.1, 0.15) is 0 Å². The molecule has 4 heteroatoms. The van der Waals surface area contributed by atoms with Crippen LogP contribution in [0.4, 0.5) is 4.39 Å². The van der Waals surface area contributed by atoms with Gasteiger partial charge in [-0.1, -0.05) is 25.5 Å². The lowest BCUT2D eigenvalue weighted by atomic mass is 10.1. The molecule has 0 amide bonds. The first kappa shape index (κ1) is 15.4. The van der Waals surface area contributed by atoms with Crippen molar-refractivity contribution in [3.8, 4) is 5.75 Å². The molecule has 0 heterocycles. The van der Waals surface area contributed by atoms with Gasteiger partial charge < -0.3 is 9.84 Å². The highest BCUT2D eigenvalue weighted by molar-refractivity contribution is 5.93. The van der Waals surface area contributed by atoms with E-state index in [0.717, 1.165) is 6.42 Å². The van der Waals surface area contributed by atoms with Gasteiger partial charge in [-0.3, -0.25) is 4.79 Å². The average molecular weight is 266 g/mol. The van der Waals surface area contributed by atoms with Crippen molar-refractivity contribution in [1.82, 2.24) is 0 Å². The molecule has 0 saturated heterocycles. The fourth-order valence-corrected chi connectivity index (χ4v) is 1.70. The standard InChI is InChI=1S/C15H19FO3/c1-3-4-12(17)10-13(18)7-5-11-6-8-14(16)15(9-11)19-2/h5-9,12,17H,3-4,10H2,1-2H3/b7-5+. The van der Waals surface area contributed by atoms with E-state index in [1.807, 2.05) is 6.92 Å². The van der Waals surface area contributed by atoms with E-state index in [9.17, 15) is 14.3 Å². The summed E-state index contributed by atoms with van der Waals surface area (Å²) < 4.78 is 18.0. The number of rotatable bonds is 7. The molecule has 1 aromatic rings. The Morgan fingerprint density at radius 2 is 2.26 bits per heavy atom. The zero-order valence-electron chi connectivity index (χ0n) is 11.2. The normalized spacial score (nSPS) is 12.6. The lowest BCUT2D eigenvalue weighted by molar-refractivity contribution is -0.116. The summed E-state index contributed by atoms with van der Waals surface area (Å²) in [6, 6.07) is 4.36. The first-order valence-electron chi connectivity index (χ1n) is 6.29. The Balaban J connectivity index is 2.63. The molecule has 0 bridgehead atoms. The number of methoxy groups -OCH3 is 1. The molecule has 0 aliphatic carbocycles. The van der Waals surface area contributed by atoms with Gasteiger partial charge in [-0.2, -0.15) is 0 Å². The van der Waals surface area contributed by atoms with Crippen LogP contribution in [0.3, 0.4) is 0 Å². The van der Waals surface area contributed by atoms with Crippen molar-refractivity contribution < 1.29 is 19.0 Å². The molecule has 0 saturated carbocycles. The Morgan fingerprint density at radius 1 is 1.53 bits per heavy atom. The maximum Gasteiger partial charge on any atom is 0.165 e. The zero-order valence-corrected chi connectivity index (χ0v) is 11.2. The van der Waals surface area contributed by atoms with Crippen LogP contribution in [-0.4, -0.2) is 24.1 Å². The highest BCUT2D eigenvalue weighted by atomic mass is 19.1. The quantitative estimate of drug-likeness (QED) is 0.772. The molecule has 3 nitrogen and oxygen atoms in total. The average Bonchev–Trinajstić information content (AvgIpc) is 2.38. The Hall–Kier alpha value is -1.68. The van der Waals surface area contributed by atoms with Gasteiger partial charge in [0.15, 0.2) is 17.3 Å². The number of hydrogen-bond acceptors (Lipinski definition) is 3. The van der Waals surface area contributed by atoms with Gasteiger partial charge in [0, 0.05) is 6.42 Å². The van der Waals surface area contributed by atoms with Gasteiger partial charge >= 0.3 is 0 Å². The van der Waals surface area contributed by atoms with E-state index in [1.54, 1.807) is 12.1 Å². The summed E-state index contributed by atoms with van der Waals surface area (Å²) in [6.07, 6.45) is 3.96. The molecule has 0 spiro atoms. The van der Waals surface area contributed by atoms with Crippen molar-refractivity contribution in [1.29, 1.82) is 0 Å². The van der Waals surface area contributed by atoms with Crippen LogP contribution in [0.1, 0.15) is 31.7 Å². The highest BCUT2D eigenvalue weighted by Crippen LogP contribution is 2.19. The number of halogens is 1. The number of carbonyl (C=O) groups is 1. The number of ether oxygens (including phenoxy) is 1. The van der Waals surface area contributed by atoms with Crippen LogP contribution >= 0.6 is 0 Å². The van der Waals surface area contributed by atoms with Gasteiger partial charge in [-0.25, -0.2) is 4.39 Å². The summed E-state index contributed by atoms with van der Waals surface area (Å²) in [5.41, 5.74) is 0.677. The zero-order chi connectivity index (χ0) is 14.3. The molecule has 1 atom stereocenters. The lowest BCUT2D eigenvalue weighted by Crippen LogP contribution is -2.11. The van der Waals surface area contributed by atoms with Gasteiger partial charge in [0.2, 0.25) is 0 Å². The third-order valence-corrected chi connectivity index (χ3v) is 2.70. The first-order valence-corrected chi connectivity index (χ1v) is 6.29. The molecule has 1 rings (SSSR count). The maximum atomic E-state index is 13.2. The van der Waals surface area contributed by atoms with Gasteiger partial charge in [0.05, 0.1) is 13.2 Å². The van der Waals surface area contributed by atoms with Crippen LogP contribution < -0.4 is 4.74 Å². The van der Waals surface area contributed by atoms with Crippen molar-refractivity contribution >= 4 is 11.9 Å². The summed E-state index contributed by atoms with van der Waals surface area (Å²) in [5.74, 6) is -0.450. The SMILES string of the molecule is CCCC(O)CC(=O)/C=C/c1ccc(F)c(OC)c1. The molecule has 19 heavy (non-hydrogen) atoms. The Kier molecular flexibility index (Phi) is 6.22. The fraction of sp³-hybridized carbons (Fsp3) is 0.400. The number of aliphatic hydroxyl groups is 1. The summed E-state index contributed by atoms with van der Waals surface area (Å²) in [5, 5.41) is 9.51. The summed E-state index contributed by atoms with van der Waals surface area (Å²) >= 11 is 0. The minimum atomic E-state index is -0.593. The van der Waals surface area contributed by atoms with Gasteiger partial charge in [-0.15, -0.1) is 0 Å². The minimum absolute atomic E-state index is 0.114. The van der Waals surface area contributed by atoms with E-state index in [0.29, 0.717) is 12.0 Å². The van der Waals surface area contributed by atoms with Crippen molar-refractivity contribution in [2.75, 3.05) is 7.11 Å². The van der Waals surface area contributed by atoms with Gasteiger partial charge in [-0.05, 0) is 30.2 Å². The van der Waals surface area contributed by atoms with Crippen LogP contribution in [-0.2, 0) is 4.79 Å². The lowest BCUT2D eigenvalue weighted by Gasteiger charge is -2.05. The fourth-order valence-electron chi connectivity index (χ4n) is 1.70. The molecule has 104 valence electrons. The topological polar surface area (TPSA) is 46.5 Å². The number of benzene rings is 1. The maximum absolute atomic E-state index is 13.2. The van der Waals surface area contributed by atoms with Gasteiger partial charge in [0.25, 0.3) is 0 Å². The van der Waals surface area contributed by atoms with Crippen LogP contribution in [0.15, 0.2) is 24.3 Å². The number of aliphatic hydroxyl groups excluding tert-OH is 1. The second-order valence-corrected chi connectivity index (χ2v) is 4.34. The summed E-state index contributed by atoms with van der Waals surface area (Å²) in [4.78, 5) is 11.6. The highest BCUT2D eigenvalue weighted by Gasteiger charge is 2.07. The van der Waals surface area contributed by atoms with Crippen molar-refractivity contribution in [3.05, 3.63) is 35.7 Å². The van der Waals surface area contributed by atoms with Crippen molar-refractivity contribution in [2.45, 2.75) is 32.3 Å². The third kappa shape index (κ3) is 5.22. The predicted octanol–water partition coefficient (Wildman–Crippen LogP) is 2.97. The van der Waals surface area contributed by atoms with E-state index in [4.69, 9.17) is 4.74 Å². The Morgan fingerprint density at radius 3 is 2.89 bits per heavy atom. The number of carbonyl (C=O) groups excluding carboxylic acids is 1. The minimum Gasteiger partial charge on any atom is -0.494 e. The van der Waals surface area contributed by atoms with Crippen LogP contribution in [0.2, 0.25) is 0 Å². The monoisotopic (exact) mass is 266 g/mol. The molecule has 0 fully saturated rings. The van der Waals surface area contributed by atoms with E-state index >= 15 is 0 Å². The number of hydrogen-bond donors (Lipinski definition) is 1. The molecule has 1 unspecified atom stereocenters. The Labute approximate surface area is 112 Å². The largest absolute Gasteiger partial charge is 0.494 e. The molecular weight excluding hydrogens is 247 g/mol. The molecule has 1 N–H and O–H groups in total. The van der Waals surface area contributed by atoms with Crippen molar-refractivity contribution in [3.63, 3.8) is 0 Å². The van der Waals surface area contributed by atoms with E-state index in [1.165, 1.54) is 25.3 Å².